The molecule has 0 radical (unpaired) electrons. The van der Waals surface area contributed by atoms with Crippen LogP contribution in [0.1, 0.15) is 17.5 Å². The van der Waals surface area contributed by atoms with E-state index in [2.05, 4.69) is 21.2 Å². The van der Waals surface area contributed by atoms with E-state index in [-0.39, 0.29) is 21.5 Å². The number of Topliss-reactive ketones (excluding diaryl/α,β-unsaturated/α-hetero) is 1. The molecule has 1 aromatic rings. The molecule has 1 aromatic carbocycles. The van der Waals surface area contributed by atoms with Crippen molar-refractivity contribution in [3.63, 3.8) is 0 Å². The molecule has 0 fully saturated rings. The number of ether oxygens (including phenoxy) is 2. The van der Waals surface area contributed by atoms with E-state index in [1.165, 1.54) is 18.4 Å². The second-order valence-electron chi connectivity index (χ2n) is 5.30. The third kappa shape index (κ3) is 2.79. The minimum atomic E-state index is -4.53. The molecule has 2 heterocycles. The molecule has 0 saturated heterocycles. The Balaban J connectivity index is 2.03. The summed E-state index contributed by atoms with van der Waals surface area (Å²) >= 11 is 2.98. The van der Waals surface area contributed by atoms with Gasteiger partial charge in [0.25, 0.3) is 0 Å². The second-order valence-corrected chi connectivity index (χ2v) is 6.10. The predicted octanol–water partition coefficient (Wildman–Crippen LogP) is 3.63. The predicted molar refractivity (Wildman–Crippen MR) is 83.6 cm³/mol. The topological polar surface area (TPSA) is 47.6 Å². The molecular weight excluding hydrogens is 391 g/mol. The van der Waals surface area contributed by atoms with Crippen molar-refractivity contribution in [2.24, 2.45) is 0 Å². The standard InChI is InChI=1S/C16H13BrF3NO3/c1-21-15-11(13(22)14(24-15)10-6-3-7-23-10)8-4-2-5-9(12(8)17)16(18,19)20/h2-5,7,10,14,21H,6H2,1H3. The van der Waals surface area contributed by atoms with Crippen LogP contribution >= 0.6 is 15.9 Å². The van der Waals surface area contributed by atoms with Gasteiger partial charge in [-0.05, 0) is 28.1 Å². The Hall–Kier alpha value is -1.96. The molecule has 0 aliphatic carbocycles. The SMILES string of the molecule is CNC1=C(c2cccc(C(F)(F)F)c2Br)C(=O)C(C2CC=CO2)O1. The zero-order valence-corrected chi connectivity index (χ0v) is 14.1. The van der Waals surface area contributed by atoms with Crippen LogP contribution in [0.3, 0.4) is 0 Å². The van der Waals surface area contributed by atoms with Gasteiger partial charge in [-0.25, -0.2) is 0 Å². The largest absolute Gasteiger partial charge is 0.494 e. The van der Waals surface area contributed by atoms with Gasteiger partial charge >= 0.3 is 6.18 Å². The minimum Gasteiger partial charge on any atom is -0.494 e. The zero-order chi connectivity index (χ0) is 17.5. The molecule has 3 rings (SSSR count). The van der Waals surface area contributed by atoms with Crippen LogP contribution in [-0.4, -0.2) is 25.0 Å². The summed E-state index contributed by atoms with van der Waals surface area (Å²) in [5.41, 5.74) is -0.637. The van der Waals surface area contributed by atoms with Gasteiger partial charge in [0.05, 0.1) is 17.4 Å². The number of nitrogens with one attached hydrogen (secondary N) is 1. The average Bonchev–Trinajstić information content (AvgIpc) is 3.14. The highest BCUT2D eigenvalue weighted by Gasteiger charge is 2.44. The Bertz CT molecular complexity index is 735. The van der Waals surface area contributed by atoms with Crippen LogP contribution in [0.4, 0.5) is 13.2 Å². The van der Waals surface area contributed by atoms with E-state index in [0.717, 1.165) is 6.07 Å². The first-order chi connectivity index (χ1) is 11.3. The highest BCUT2D eigenvalue weighted by atomic mass is 79.9. The Kier molecular flexibility index (Phi) is 4.33. The van der Waals surface area contributed by atoms with Crippen LogP contribution < -0.4 is 5.32 Å². The molecule has 128 valence electrons. The Morgan fingerprint density at radius 1 is 1.33 bits per heavy atom. The van der Waals surface area contributed by atoms with E-state index in [1.807, 2.05) is 0 Å². The van der Waals surface area contributed by atoms with E-state index in [4.69, 9.17) is 9.47 Å². The first-order valence-electron chi connectivity index (χ1n) is 7.14. The maximum Gasteiger partial charge on any atom is 0.417 e. The average molecular weight is 404 g/mol. The van der Waals surface area contributed by atoms with Crippen molar-refractivity contribution in [1.29, 1.82) is 0 Å². The van der Waals surface area contributed by atoms with Gasteiger partial charge in [0.1, 0.15) is 6.10 Å². The van der Waals surface area contributed by atoms with Gasteiger partial charge in [0, 0.05) is 23.5 Å². The fraction of sp³-hybridized carbons (Fsp3) is 0.312. The molecule has 2 unspecified atom stereocenters. The number of benzene rings is 1. The van der Waals surface area contributed by atoms with Crippen LogP contribution in [0.25, 0.3) is 5.57 Å². The van der Waals surface area contributed by atoms with Gasteiger partial charge in [-0.2, -0.15) is 13.2 Å². The van der Waals surface area contributed by atoms with Crippen molar-refractivity contribution in [3.05, 3.63) is 52.0 Å². The summed E-state index contributed by atoms with van der Waals surface area (Å²) in [5, 5.41) is 2.74. The number of hydrogen-bond donors (Lipinski definition) is 1. The monoisotopic (exact) mass is 403 g/mol. The number of halogens is 4. The molecule has 1 N–H and O–H groups in total. The van der Waals surface area contributed by atoms with Crippen LogP contribution in [0.5, 0.6) is 0 Å². The Labute approximate surface area is 144 Å². The van der Waals surface area contributed by atoms with E-state index in [9.17, 15) is 18.0 Å². The lowest BCUT2D eigenvalue weighted by molar-refractivity contribution is -0.138. The summed E-state index contributed by atoms with van der Waals surface area (Å²) in [6, 6.07) is 3.66. The van der Waals surface area contributed by atoms with Gasteiger partial charge in [-0.1, -0.05) is 12.1 Å². The zero-order valence-electron chi connectivity index (χ0n) is 12.5. The molecule has 0 amide bonds. The summed E-state index contributed by atoms with van der Waals surface area (Å²) in [6.45, 7) is 0. The number of rotatable bonds is 3. The second kappa shape index (κ2) is 6.16. The fourth-order valence-electron chi connectivity index (χ4n) is 2.72. The number of carbonyl (C=O) groups is 1. The highest BCUT2D eigenvalue weighted by molar-refractivity contribution is 9.10. The van der Waals surface area contributed by atoms with Crippen LogP contribution in [0.15, 0.2) is 40.9 Å². The summed E-state index contributed by atoms with van der Waals surface area (Å²) in [4.78, 5) is 12.7. The van der Waals surface area contributed by atoms with E-state index < -0.39 is 29.7 Å². The van der Waals surface area contributed by atoms with Gasteiger partial charge in [0.2, 0.25) is 5.78 Å². The quantitative estimate of drug-likeness (QED) is 0.836. The van der Waals surface area contributed by atoms with Gasteiger partial charge < -0.3 is 14.8 Å². The lowest BCUT2D eigenvalue weighted by atomic mass is 9.96. The summed E-state index contributed by atoms with van der Waals surface area (Å²) < 4.78 is 50.1. The molecule has 2 aliphatic heterocycles. The first-order valence-corrected chi connectivity index (χ1v) is 7.93. The highest BCUT2D eigenvalue weighted by Crippen LogP contribution is 2.41. The van der Waals surface area contributed by atoms with E-state index in [1.54, 1.807) is 13.1 Å². The molecule has 24 heavy (non-hydrogen) atoms. The molecule has 0 bridgehead atoms. The van der Waals surface area contributed by atoms with E-state index >= 15 is 0 Å². The van der Waals surface area contributed by atoms with Crippen molar-refractivity contribution in [2.75, 3.05) is 7.05 Å². The maximum absolute atomic E-state index is 13.1. The number of alkyl halides is 3. The number of carbonyl (C=O) groups excluding carboxylic acids is 1. The molecule has 4 nitrogen and oxygen atoms in total. The smallest absolute Gasteiger partial charge is 0.417 e. The minimum absolute atomic E-state index is 0.0796. The van der Waals surface area contributed by atoms with Crippen LogP contribution in [0, 0.1) is 0 Å². The Morgan fingerprint density at radius 3 is 2.67 bits per heavy atom. The summed E-state index contributed by atoms with van der Waals surface area (Å²) in [5.74, 6) is -0.270. The molecule has 8 heteroatoms. The van der Waals surface area contributed by atoms with Gasteiger partial charge in [0.15, 0.2) is 12.0 Å². The van der Waals surface area contributed by atoms with Crippen LogP contribution in [0.2, 0.25) is 0 Å². The Morgan fingerprint density at radius 2 is 2.08 bits per heavy atom. The van der Waals surface area contributed by atoms with Crippen LogP contribution in [-0.2, 0) is 20.4 Å². The summed E-state index contributed by atoms with van der Waals surface area (Å²) in [7, 11) is 1.54. The third-order valence-corrected chi connectivity index (χ3v) is 4.69. The third-order valence-electron chi connectivity index (χ3n) is 3.83. The maximum atomic E-state index is 13.1. The number of hydrogen-bond acceptors (Lipinski definition) is 4. The van der Waals surface area contributed by atoms with Crippen molar-refractivity contribution < 1.29 is 27.4 Å². The van der Waals surface area contributed by atoms with Crippen molar-refractivity contribution in [1.82, 2.24) is 5.32 Å². The van der Waals surface area contributed by atoms with E-state index in [0.29, 0.717) is 6.42 Å². The van der Waals surface area contributed by atoms with Gasteiger partial charge in [-0.15, -0.1) is 0 Å². The molecule has 2 aliphatic rings. The molecule has 0 aromatic heterocycles. The lowest BCUT2D eigenvalue weighted by Crippen LogP contribution is -2.32. The van der Waals surface area contributed by atoms with Crippen molar-refractivity contribution in [2.45, 2.75) is 24.8 Å². The lowest BCUT2D eigenvalue weighted by Gasteiger charge is -2.17. The molecule has 2 atom stereocenters. The van der Waals surface area contributed by atoms with Gasteiger partial charge in [-0.3, -0.25) is 4.79 Å². The fourth-order valence-corrected chi connectivity index (χ4v) is 3.41. The number of ketones is 1. The van der Waals surface area contributed by atoms with Crippen molar-refractivity contribution >= 4 is 27.3 Å². The molecule has 0 saturated carbocycles. The first kappa shape index (κ1) is 16.9. The molecular formula is C16H13BrF3NO3. The summed E-state index contributed by atoms with van der Waals surface area (Å²) in [6.07, 6.45) is -2.15. The normalized spacial score (nSPS) is 23.5. The molecule has 0 spiro atoms. The van der Waals surface area contributed by atoms with Crippen molar-refractivity contribution in [3.8, 4) is 0 Å².